The lowest BCUT2D eigenvalue weighted by Gasteiger charge is -1.98. The first kappa shape index (κ1) is 7.78. The molecule has 0 heterocycles. The second-order valence-corrected chi connectivity index (χ2v) is 2.53. The smallest absolute Gasteiger partial charge is 0.304 e. The van der Waals surface area contributed by atoms with E-state index in [1.54, 1.807) is 6.92 Å². The van der Waals surface area contributed by atoms with Gasteiger partial charge in [-0.1, -0.05) is 6.92 Å². The molecule has 0 fully saturated rings. The number of rotatable bonds is 3. The van der Waals surface area contributed by atoms with Crippen LogP contribution in [0.25, 0.3) is 0 Å². The van der Waals surface area contributed by atoms with E-state index in [4.69, 9.17) is 9.66 Å². The van der Waals surface area contributed by atoms with Gasteiger partial charge in [0.25, 0.3) is 0 Å². The van der Waals surface area contributed by atoms with E-state index in [1.165, 1.54) is 0 Å². The van der Waals surface area contributed by atoms with Crippen LogP contribution in [0.2, 0.25) is 0 Å². The van der Waals surface area contributed by atoms with E-state index in [0.29, 0.717) is 12.0 Å². The molecule has 0 rings (SSSR count). The zero-order valence-corrected chi connectivity index (χ0v) is 5.31. The van der Waals surface area contributed by atoms with Crippen LogP contribution < -0.4 is 0 Å². The predicted octanol–water partition coefficient (Wildman–Crippen LogP) is 1.06. The van der Waals surface area contributed by atoms with Crippen molar-refractivity contribution in [2.45, 2.75) is 18.6 Å². The third kappa shape index (κ3) is 3.95. The number of hydrogen-bond acceptors (Lipinski definition) is 3. The Hall–Kier alpha value is -0.220. The maximum Gasteiger partial charge on any atom is 0.304 e. The van der Waals surface area contributed by atoms with Crippen LogP contribution in [0.15, 0.2) is 0 Å². The Balaban J connectivity index is 3.24. The standard InChI is InChI=1S/C4H8O3S/c1-3(8-7)2-4(5)6/h3,7H,2H2,1H3,(H,5,6). The Labute approximate surface area is 51.9 Å². The molecule has 0 saturated carbocycles. The van der Waals surface area contributed by atoms with Gasteiger partial charge in [-0.3, -0.25) is 4.79 Å². The van der Waals surface area contributed by atoms with Crippen molar-refractivity contribution in [3.8, 4) is 0 Å². The van der Waals surface area contributed by atoms with Gasteiger partial charge in [0.15, 0.2) is 0 Å². The Morgan fingerprint density at radius 1 is 1.88 bits per heavy atom. The van der Waals surface area contributed by atoms with E-state index in [2.05, 4.69) is 0 Å². The topological polar surface area (TPSA) is 57.5 Å². The van der Waals surface area contributed by atoms with Crippen LogP contribution in [0.5, 0.6) is 0 Å². The van der Waals surface area contributed by atoms with Gasteiger partial charge < -0.3 is 9.66 Å². The van der Waals surface area contributed by atoms with Crippen LogP contribution in [-0.2, 0) is 4.79 Å². The van der Waals surface area contributed by atoms with E-state index in [-0.39, 0.29) is 11.7 Å². The van der Waals surface area contributed by atoms with E-state index in [0.717, 1.165) is 0 Å². The van der Waals surface area contributed by atoms with Gasteiger partial charge in [-0.15, -0.1) is 0 Å². The maximum atomic E-state index is 9.84. The zero-order valence-electron chi connectivity index (χ0n) is 4.50. The summed E-state index contributed by atoms with van der Waals surface area (Å²) in [6.45, 7) is 1.65. The van der Waals surface area contributed by atoms with Gasteiger partial charge >= 0.3 is 5.97 Å². The third-order valence-electron chi connectivity index (χ3n) is 0.642. The first-order valence-corrected chi connectivity index (χ1v) is 3.02. The van der Waals surface area contributed by atoms with Crippen LogP contribution in [0.4, 0.5) is 0 Å². The number of carbonyl (C=O) groups is 1. The molecule has 0 aromatic heterocycles. The fraction of sp³-hybridized carbons (Fsp3) is 0.750. The molecule has 0 aromatic rings. The summed E-state index contributed by atoms with van der Waals surface area (Å²) >= 11 is 0.572. The van der Waals surface area contributed by atoms with E-state index >= 15 is 0 Å². The van der Waals surface area contributed by atoms with Crippen molar-refractivity contribution in [3.05, 3.63) is 0 Å². The lowest BCUT2D eigenvalue weighted by molar-refractivity contribution is -0.136. The summed E-state index contributed by atoms with van der Waals surface area (Å²) in [5, 5.41) is 7.89. The Bertz CT molecular complexity index is 83.4. The number of carboxylic acids is 1. The lowest BCUT2D eigenvalue weighted by Crippen LogP contribution is -2.04. The minimum absolute atomic E-state index is 0.0150. The molecule has 3 nitrogen and oxygen atoms in total. The second kappa shape index (κ2) is 3.74. The van der Waals surface area contributed by atoms with Crippen molar-refractivity contribution in [3.63, 3.8) is 0 Å². The molecule has 2 N–H and O–H groups in total. The summed E-state index contributed by atoms with van der Waals surface area (Å²) in [5.74, 6) is -0.876. The minimum atomic E-state index is -0.876. The van der Waals surface area contributed by atoms with Crippen molar-refractivity contribution in [1.29, 1.82) is 0 Å². The van der Waals surface area contributed by atoms with Crippen LogP contribution >= 0.6 is 12.0 Å². The fourth-order valence-corrected chi connectivity index (χ4v) is 0.500. The molecule has 0 amide bonds. The molecule has 0 spiro atoms. The van der Waals surface area contributed by atoms with Crippen molar-refractivity contribution < 1.29 is 14.5 Å². The molecule has 0 aliphatic heterocycles. The quantitative estimate of drug-likeness (QED) is 0.569. The average molecular weight is 136 g/mol. The summed E-state index contributed by atoms with van der Waals surface area (Å²) in [6.07, 6.45) is 0.0150. The van der Waals surface area contributed by atoms with Crippen molar-refractivity contribution >= 4 is 18.0 Å². The minimum Gasteiger partial charge on any atom is -0.481 e. The molecule has 0 saturated heterocycles. The second-order valence-electron chi connectivity index (χ2n) is 1.51. The number of aliphatic carboxylic acids is 1. The van der Waals surface area contributed by atoms with Crippen LogP contribution in [-0.4, -0.2) is 20.9 Å². The van der Waals surface area contributed by atoms with Gasteiger partial charge in [-0.05, 0) is 12.0 Å². The van der Waals surface area contributed by atoms with E-state index < -0.39 is 5.97 Å². The zero-order chi connectivity index (χ0) is 6.57. The molecule has 4 heteroatoms. The summed E-state index contributed by atoms with van der Waals surface area (Å²) < 4.78 is 8.24. The van der Waals surface area contributed by atoms with Gasteiger partial charge in [0.2, 0.25) is 0 Å². The molecule has 0 aliphatic rings. The molecule has 0 radical (unpaired) electrons. The monoisotopic (exact) mass is 136 g/mol. The van der Waals surface area contributed by atoms with E-state index in [1.807, 2.05) is 0 Å². The van der Waals surface area contributed by atoms with Crippen molar-refractivity contribution in [2.24, 2.45) is 0 Å². The van der Waals surface area contributed by atoms with Gasteiger partial charge in [-0.25, -0.2) is 0 Å². The SMILES string of the molecule is CC(CC(=O)O)SO. The Morgan fingerprint density at radius 3 is 2.50 bits per heavy atom. The molecule has 8 heavy (non-hydrogen) atoms. The molecular formula is C4H8O3S. The highest BCUT2D eigenvalue weighted by Crippen LogP contribution is 2.07. The van der Waals surface area contributed by atoms with Crippen molar-refractivity contribution in [1.82, 2.24) is 0 Å². The molecular weight excluding hydrogens is 128 g/mol. The van der Waals surface area contributed by atoms with E-state index in [9.17, 15) is 4.79 Å². The number of carboxylic acid groups (broad SMARTS) is 1. The van der Waals surface area contributed by atoms with Crippen LogP contribution in [0.1, 0.15) is 13.3 Å². The molecule has 1 unspecified atom stereocenters. The lowest BCUT2D eigenvalue weighted by atomic mass is 10.3. The summed E-state index contributed by atoms with van der Waals surface area (Å²) in [5.41, 5.74) is 0. The number of hydrogen-bond donors (Lipinski definition) is 2. The Kier molecular flexibility index (Phi) is 3.64. The van der Waals surface area contributed by atoms with Gasteiger partial charge in [-0.2, -0.15) is 0 Å². The summed E-state index contributed by atoms with van der Waals surface area (Å²) in [4.78, 5) is 9.84. The van der Waals surface area contributed by atoms with Gasteiger partial charge in [0, 0.05) is 5.25 Å². The Morgan fingerprint density at radius 2 is 2.38 bits per heavy atom. The highest BCUT2D eigenvalue weighted by molar-refractivity contribution is 7.94. The first-order valence-electron chi connectivity index (χ1n) is 2.19. The molecule has 0 aromatic carbocycles. The maximum absolute atomic E-state index is 9.84. The average Bonchev–Trinajstić information content (AvgIpc) is 1.65. The summed E-state index contributed by atoms with van der Waals surface area (Å²) in [7, 11) is 0. The van der Waals surface area contributed by atoms with Gasteiger partial charge in [0.05, 0.1) is 6.42 Å². The first-order chi connectivity index (χ1) is 3.66. The largest absolute Gasteiger partial charge is 0.481 e. The summed E-state index contributed by atoms with van der Waals surface area (Å²) in [6, 6.07) is 0. The molecule has 0 bridgehead atoms. The fourth-order valence-electron chi connectivity index (χ4n) is 0.283. The molecule has 1 atom stereocenters. The third-order valence-corrected chi connectivity index (χ3v) is 1.17. The highest BCUT2D eigenvalue weighted by atomic mass is 32.2. The molecule has 0 aliphatic carbocycles. The predicted molar refractivity (Wildman–Crippen MR) is 31.9 cm³/mol. The molecule has 48 valence electrons. The van der Waals surface area contributed by atoms with Crippen LogP contribution in [0, 0.1) is 0 Å². The normalized spacial score (nSPS) is 13.2. The van der Waals surface area contributed by atoms with Crippen molar-refractivity contribution in [2.75, 3.05) is 0 Å². The highest BCUT2D eigenvalue weighted by Gasteiger charge is 2.05. The van der Waals surface area contributed by atoms with Crippen LogP contribution in [0.3, 0.4) is 0 Å². The van der Waals surface area contributed by atoms with Gasteiger partial charge in [0.1, 0.15) is 0 Å².